The Morgan fingerprint density at radius 2 is 1.96 bits per heavy atom. The maximum Gasteiger partial charge on any atom is 0.331 e. The molecule has 0 bridgehead atoms. The number of esters is 1. The minimum atomic E-state index is -1.09. The fourth-order valence-electron chi connectivity index (χ4n) is 1.65. The van der Waals surface area contributed by atoms with Crippen molar-refractivity contribution in [3.8, 4) is 5.75 Å². The number of benzene rings is 1. The van der Waals surface area contributed by atoms with Gasteiger partial charge in [-0.25, -0.2) is 9.59 Å². The lowest BCUT2D eigenvalue weighted by Crippen LogP contribution is -2.44. The quantitative estimate of drug-likeness (QED) is 0.612. The van der Waals surface area contributed by atoms with Gasteiger partial charge in [-0.2, -0.15) is 0 Å². The van der Waals surface area contributed by atoms with Gasteiger partial charge in [0.2, 0.25) is 0 Å². The van der Waals surface area contributed by atoms with Crippen LogP contribution in [0.2, 0.25) is 0 Å². The summed E-state index contributed by atoms with van der Waals surface area (Å²) in [6.07, 6.45) is 1.62. The third kappa shape index (κ3) is 6.21. The van der Waals surface area contributed by atoms with Crippen LogP contribution in [0.1, 0.15) is 19.4 Å². The van der Waals surface area contributed by atoms with E-state index >= 15 is 0 Å². The smallest absolute Gasteiger partial charge is 0.331 e. The Bertz CT molecular complexity index is 598. The Kier molecular flexibility index (Phi) is 7.32. The molecule has 1 aromatic rings. The molecule has 0 saturated carbocycles. The number of carbonyl (C=O) groups excluding carboxylic acids is 3. The van der Waals surface area contributed by atoms with Gasteiger partial charge in [-0.05, 0) is 26.0 Å². The average molecular weight is 320 g/mol. The zero-order chi connectivity index (χ0) is 17.2. The molecule has 1 rings (SSSR count). The van der Waals surface area contributed by atoms with Crippen LogP contribution in [-0.4, -0.2) is 37.7 Å². The van der Waals surface area contributed by atoms with E-state index in [0.29, 0.717) is 17.9 Å². The molecule has 7 nitrogen and oxygen atoms in total. The molecule has 7 heteroatoms. The highest BCUT2D eigenvalue weighted by molar-refractivity contribution is 5.98. The highest BCUT2D eigenvalue weighted by atomic mass is 16.5. The molecule has 0 spiro atoms. The normalized spacial score (nSPS) is 11.6. The number of nitrogens with one attached hydrogen (secondary N) is 2. The molecule has 23 heavy (non-hydrogen) atoms. The summed E-state index contributed by atoms with van der Waals surface area (Å²) < 4.78 is 10.1. The Balaban J connectivity index is 2.57. The van der Waals surface area contributed by atoms with Crippen LogP contribution in [0.3, 0.4) is 0 Å². The number of rotatable bonds is 6. The van der Waals surface area contributed by atoms with Crippen LogP contribution in [0.4, 0.5) is 4.79 Å². The topological polar surface area (TPSA) is 93.7 Å². The second kappa shape index (κ2) is 9.24. The number of para-hydroxylation sites is 1. The predicted octanol–water partition coefficient (Wildman–Crippen LogP) is 1.49. The number of ether oxygens (including phenoxy) is 2. The first-order valence-corrected chi connectivity index (χ1v) is 7.08. The third-order valence-electron chi connectivity index (χ3n) is 2.77. The van der Waals surface area contributed by atoms with Gasteiger partial charge in [0.05, 0.1) is 7.11 Å². The average Bonchev–Trinajstić information content (AvgIpc) is 2.53. The lowest BCUT2D eigenvalue weighted by atomic mass is 10.2. The van der Waals surface area contributed by atoms with Crippen molar-refractivity contribution in [3.05, 3.63) is 35.9 Å². The third-order valence-corrected chi connectivity index (χ3v) is 2.77. The van der Waals surface area contributed by atoms with Crippen LogP contribution in [-0.2, 0) is 14.3 Å². The van der Waals surface area contributed by atoms with Crippen molar-refractivity contribution < 1.29 is 23.9 Å². The van der Waals surface area contributed by atoms with Crippen LogP contribution < -0.4 is 15.4 Å². The van der Waals surface area contributed by atoms with Gasteiger partial charge in [-0.1, -0.05) is 18.2 Å². The number of imide groups is 1. The van der Waals surface area contributed by atoms with E-state index in [1.807, 2.05) is 6.07 Å². The fraction of sp³-hybridized carbons (Fsp3) is 0.312. The number of amides is 3. The van der Waals surface area contributed by atoms with E-state index in [9.17, 15) is 14.4 Å². The molecule has 0 aliphatic heterocycles. The lowest BCUT2D eigenvalue weighted by Gasteiger charge is -2.11. The summed E-state index contributed by atoms with van der Waals surface area (Å²) in [5, 5.41) is 4.47. The molecule has 1 aromatic carbocycles. The molecule has 0 unspecified atom stereocenters. The van der Waals surface area contributed by atoms with Crippen molar-refractivity contribution >= 4 is 24.0 Å². The van der Waals surface area contributed by atoms with E-state index < -0.39 is 24.0 Å². The van der Waals surface area contributed by atoms with Crippen LogP contribution in [0.5, 0.6) is 5.75 Å². The number of methoxy groups -OCH3 is 1. The first kappa shape index (κ1) is 18.2. The molecule has 0 heterocycles. The second-order valence-corrected chi connectivity index (χ2v) is 4.50. The Labute approximate surface area is 134 Å². The monoisotopic (exact) mass is 320 g/mol. The SMILES string of the molecule is CCNC(=O)NC(=O)[C@@H](C)OC(=O)/C=C/c1ccccc1OC. The first-order chi connectivity index (χ1) is 11.0. The summed E-state index contributed by atoms with van der Waals surface area (Å²) in [6, 6.07) is 6.50. The zero-order valence-electron chi connectivity index (χ0n) is 13.3. The second-order valence-electron chi connectivity index (χ2n) is 4.50. The largest absolute Gasteiger partial charge is 0.496 e. The van der Waals surface area contributed by atoms with Crippen molar-refractivity contribution in [2.24, 2.45) is 0 Å². The van der Waals surface area contributed by atoms with E-state index in [4.69, 9.17) is 9.47 Å². The Hall–Kier alpha value is -2.83. The van der Waals surface area contributed by atoms with Crippen molar-refractivity contribution in [1.29, 1.82) is 0 Å². The van der Waals surface area contributed by atoms with Crippen molar-refractivity contribution in [1.82, 2.24) is 10.6 Å². The summed E-state index contributed by atoms with van der Waals surface area (Å²) >= 11 is 0. The maximum atomic E-state index is 11.7. The van der Waals surface area contributed by atoms with Crippen LogP contribution in [0.15, 0.2) is 30.3 Å². The maximum absolute atomic E-state index is 11.7. The van der Waals surface area contributed by atoms with E-state index in [2.05, 4.69) is 10.6 Å². The summed E-state index contributed by atoms with van der Waals surface area (Å²) in [4.78, 5) is 34.6. The van der Waals surface area contributed by atoms with Crippen molar-refractivity contribution in [2.75, 3.05) is 13.7 Å². The molecule has 124 valence electrons. The van der Waals surface area contributed by atoms with E-state index in [1.165, 1.54) is 26.2 Å². The number of carbonyl (C=O) groups is 3. The Morgan fingerprint density at radius 3 is 2.61 bits per heavy atom. The summed E-state index contributed by atoms with van der Waals surface area (Å²) in [5.74, 6) is -0.789. The highest BCUT2D eigenvalue weighted by Crippen LogP contribution is 2.18. The van der Waals surface area contributed by atoms with Gasteiger partial charge in [0.25, 0.3) is 5.91 Å². The molecule has 0 aromatic heterocycles. The van der Waals surface area contributed by atoms with Gasteiger partial charge < -0.3 is 14.8 Å². The van der Waals surface area contributed by atoms with Crippen molar-refractivity contribution in [3.63, 3.8) is 0 Å². The van der Waals surface area contributed by atoms with E-state index in [1.54, 1.807) is 25.1 Å². The van der Waals surface area contributed by atoms with Gasteiger partial charge in [0.1, 0.15) is 5.75 Å². The summed E-state index contributed by atoms with van der Waals surface area (Å²) in [5.41, 5.74) is 0.700. The lowest BCUT2D eigenvalue weighted by molar-refractivity contribution is -0.149. The van der Waals surface area contributed by atoms with Gasteiger partial charge >= 0.3 is 12.0 Å². The number of hydrogen-bond donors (Lipinski definition) is 2. The fourth-order valence-corrected chi connectivity index (χ4v) is 1.65. The molecule has 0 radical (unpaired) electrons. The van der Waals surface area contributed by atoms with Gasteiger partial charge in [0.15, 0.2) is 6.10 Å². The van der Waals surface area contributed by atoms with Crippen molar-refractivity contribution in [2.45, 2.75) is 20.0 Å². The highest BCUT2D eigenvalue weighted by Gasteiger charge is 2.18. The van der Waals surface area contributed by atoms with Crippen LogP contribution in [0, 0.1) is 0 Å². The van der Waals surface area contributed by atoms with Crippen LogP contribution >= 0.6 is 0 Å². The molecule has 3 amide bonds. The van der Waals surface area contributed by atoms with E-state index in [-0.39, 0.29) is 0 Å². The molecule has 0 aliphatic carbocycles. The molecular formula is C16H20N2O5. The molecule has 1 atom stereocenters. The predicted molar refractivity (Wildman–Crippen MR) is 84.8 cm³/mol. The zero-order valence-corrected chi connectivity index (χ0v) is 13.3. The minimum absolute atomic E-state index is 0.384. The minimum Gasteiger partial charge on any atom is -0.496 e. The van der Waals surface area contributed by atoms with Gasteiger partial charge in [-0.15, -0.1) is 0 Å². The molecule has 0 aliphatic rings. The van der Waals surface area contributed by atoms with Gasteiger partial charge in [-0.3, -0.25) is 10.1 Å². The molecule has 0 fully saturated rings. The molecule has 2 N–H and O–H groups in total. The molecule has 0 saturated heterocycles. The molecular weight excluding hydrogens is 300 g/mol. The summed E-state index contributed by atoms with van der Waals surface area (Å²) in [7, 11) is 1.53. The first-order valence-electron chi connectivity index (χ1n) is 7.08. The van der Waals surface area contributed by atoms with E-state index in [0.717, 1.165) is 0 Å². The Morgan fingerprint density at radius 1 is 1.26 bits per heavy atom. The number of hydrogen-bond acceptors (Lipinski definition) is 5. The number of urea groups is 1. The van der Waals surface area contributed by atoms with Crippen LogP contribution in [0.25, 0.3) is 6.08 Å². The standard InChI is InChI=1S/C16H20N2O5/c1-4-17-16(21)18-15(20)11(2)23-14(19)10-9-12-7-5-6-8-13(12)22-3/h5-11H,4H2,1-3H3,(H2,17,18,20,21)/b10-9+/t11-/m1/s1. The van der Waals surface area contributed by atoms with Gasteiger partial charge in [0, 0.05) is 18.2 Å². The summed E-state index contributed by atoms with van der Waals surface area (Å²) in [6.45, 7) is 3.48.